The molecule has 0 spiro atoms. The predicted octanol–water partition coefficient (Wildman–Crippen LogP) is 2.23. The molecule has 2 unspecified atom stereocenters. The number of sulfone groups is 1. The van der Waals surface area contributed by atoms with Gasteiger partial charge in [-0.05, 0) is 31.2 Å². The van der Waals surface area contributed by atoms with E-state index in [0.29, 0.717) is 6.54 Å². The zero-order valence-electron chi connectivity index (χ0n) is 11.2. The van der Waals surface area contributed by atoms with Crippen LogP contribution >= 0.6 is 0 Å². The molecule has 0 aromatic carbocycles. The van der Waals surface area contributed by atoms with E-state index in [0.717, 1.165) is 18.4 Å². The van der Waals surface area contributed by atoms with Crippen molar-refractivity contribution >= 4 is 9.84 Å². The average molecular weight is 261 g/mol. The zero-order chi connectivity index (χ0) is 12.7. The lowest BCUT2D eigenvalue weighted by atomic mass is 9.81. The summed E-state index contributed by atoms with van der Waals surface area (Å²) >= 11 is 0. The molecule has 102 valence electrons. The van der Waals surface area contributed by atoms with Crippen molar-refractivity contribution in [2.24, 2.45) is 11.8 Å². The predicted molar refractivity (Wildman–Crippen MR) is 72.9 cm³/mol. The molecule has 1 fully saturated rings. The number of hydrogen-bond donors (Lipinski definition) is 1. The highest BCUT2D eigenvalue weighted by Gasteiger charge is 2.18. The van der Waals surface area contributed by atoms with Gasteiger partial charge in [0.05, 0.1) is 5.75 Å². The molecular weight excluding hydrogens is 234 g/mol. The molecule has 2 atom stereocenters. The minimum atomic E-state index is -2.80. The van der Waals surface area contributed by atoms with Crippen LogP contribution in [0.4, 0.5) is 0 Å². The van der Waals surface area contributed by atoms with Gasteiger partial charge in [-0.2, -0.15) is 0 Å². The number of rotatable bonds is 7. The standard InChI is InChI=1S/C13H27NO2S/c1-3-17(15,16)10-9-14-8-7-13-6-4-5-12(2)11-13/h12-14H,3-11H2,1-2H3. The molecule has 1 aliphatic rings. The summed E-state index contributed by atoms with van der Waals surface area (Å²) in [6.07, 6.45) is 6.68. The van der Waals surface area contributed by atoms with Gasteiger partial charge in [0.15, 0.2) is 9.84 Å². The van der Waals surface area contributed by atoms with Crippen molar-refractivity contribution in [2.45, 2.75) is 46.0 Å². The molecule has 0 aliphatic heterocycles. The summed E-state index contributed by atoms with van der Waals surface area (Å²) in [5, 5.41) is 3.26. The van der Waals surface area contributed by atoms with Crippen molar-refractivity contribution in [3.63, 3.8) is 0 Å². The molecule has 0 aromatic rings. The summed E-state index contributed by atoms with van der Waals surface area (Å²) in [5.74, 6) is 2.28. The summed E-state index contributed by atoms with van der Waals surface area (Å²) in [6, 6.07) is 0. The largest absolute Gasteiger partial charge is 0.316 e. The lowest BCUT2D eigenvalue weighted by Gasteiger charge is -2.26. The van der Waals surface area contributed by atoms with Crippen molar-refractivity contribution in [3.8, 4) is 0 Å². The second-order valence-electron chi connectivity index (χ2n) is 5.41. The van der Waals surface area contributed by atoms with Crippen LogP contribution in [0.1, 0.15) is 46.0 Å². The molecule has 4 heteroatoms. The zero-order valence-corrected chi connectivity index (χ0v) is 12.1. The third kappa shape index (κ3) is 6.41. The fourth-order valence-corrected chi connectivity index (χ4v) is 3.37. The van der Waals surface area contributed by atoms with Gasteiger partial charge in [0.2, 0.25) is 0 Å². The maximum atomic E-state index is 11.3. The van der Waals surface area contributed by atoms with E-state index in [-0.39, 0.29) is 11.5 Å². The summed E-state index contributed by atoms with van der Waals surface area (Å²) in [4.78, 5) is 0. The van der Waals surface area contributed by atoms with Gasteiger partial charge in [0.1, 0.15) is 0 Å². The van der Waals surface area contributed by atoms with Crippen LogP contribution in [0.5, 0.6) is 0 Å². The molecule has 17 heavy (non-hydrogen) atoms. The molecule has 3 nitrogen and oxygen atoms in total. The van der Waals surface area contributed by atoms with Gasteiger partial charge >= 0.3 is 0 Å². The fourth-order valence-electron chi connectivity index (χ4n) is 2.63. The molecule has 1 saturated carbocycles. The molecule has 1 N–H and O–H groups in total. The summed E-state index contributed by atoms with van der Waals surface area (Å²) in [5.41, 5.74) is 0. The Morgan fingerprint density at radius 3 is 2.65 bits per heavy atom. The minimum absolute atomic E-state index is 0.259. The van der Waals surface area contributed by atoms with E-state index in [1.165, 1.54) is 32.1 Å². The molecular formula is C13H27NO2S. The Kier molecular flexibility index (Phi) is 6.49. The SMILES string of the molecule is CCS(=O)(=O)CCNCCC1CCCC(C)C1. The summed E-state index contributed by atoms with van der Waals surface area (Å²) in [7, 11) is -2.80. The monoisotopic (exact) mass is 261 g/mol. The molecule has 0 amide bonds. The Morgan fingerprint density at radius 1 is 1.24 bits per heavy atom. The van der Waals surface area contributed by atoms with E-state index >= 15 is 0 Å². The van der Waals surface area contributed by atoms with E-state index in [1.807, 2.05) is 0 Å². The molecule has 1 rings (SSSR count). The van der Waals surface area contributed by atoms with Crippen LogP contribution in [0, 0.1) is 11.8 Å². The lowest BCUT2D eigenvalue weighted by Crippen LogP contribution is -2.26. The Hall–Kier alpha value is -0.0900. The van der Waals surface area contributed by atoms with Crippen molar-refractivity contribution in [2.75, 3.05) is 24.6 Å². The Balaban J connectivity index is 2.04. The molecule has 0 bridgehead atoms. The van der Waals surface area contributed by atoms with Gasteiger partial charge in [0, 0.05) is 12.3 Å². The number of nitrogens with one attached hydrogen (secondary N) is 1. The molecule has 0 heterocycles. The van der Waals surface area contributed by atoms with E-state index in [1.54, 1.807) is 6.92 Å². The third-order valence-corrected chi connectivity index (χ3v) is 5.51. The first kappa shape index (κ1) is 15.0. The van der Waals surface area contributed by atoms with Crippen LogP contribution in [-0.2, 0) is 9.84 Å². The highest BCUT2D eigenvalue weighted by atomic mass is 32.2. The first-order valence-electron chi connectivity index (χ1n) is 6.94. The molecule has 0 radical (unpaired) electrons. The second-order valence-corrected chi connectivity index (χ2v) is 7.89. The lowest BCUT2D eigenvalue weighted by molar-refractivity contribution is 0.268. The van der Waals surface area contributed by atoms with E-state index in [2.05, 4.69) is 12.2 Å². The van der Waals surface area contributed by atoms with Crippen LogP contribution < -0.4 is 5.32 Å². The topological polar surface area (TPSA) is 46.2 Å². The quantitative estimate of drug-likeness (QED) is 0.715. The molecule has 1 aliphatic carbocycles. The highest BCUT2D eigenvalue weighted by Crippen LogP contribution is 2.30. The van der Waals surface area contributed by atoms with Crippen LogP contribution in [-0.4, -0.2) is 33.0 Å². The smallest absolute Gasteiger partial charge is 0.151 e. The normalized spacial score (nSPS) is 26.0. The number of hydrogen-bond acceptors (Lipinski definition) is 3. The molecule has 0 saturated heterocycles. The maximum Gasteiger partial charge on any atom is 0.151 e. The van der Waals surface area contributed by atoms with Gasteiger partial charge < -0.3 is 5.32 Å². The minimum Gasteiger partial charge on any atom is -0.316 e. The first-order chi connectivity index (χ1) is 8.03. The van der Waals surface area contributed by atoms with Crippen LogP contribution in [0.3, 0.4) is 0 Å². The van der Waals surface area contributed by atoms with Gasteiger partial charge in [-0.25, -0.2) is 8.42 Å². The Morgan fingerprint density at radius 2 is 2.00 bits per heavy atom. The Bertz CT molecular complexity index is 301. The average Bonchev–Trinajstić information content (AvgIpc) is 2.29. The van der Waals surface area contributed by atoms with Crippen molar-refractivity contribution in [1.82, 2.24) is 5.32 Å². The van der Waals surface area contributed by atoms with E-state index < -0.39 is 9.84 Å². The molecule has 0 aromatic heterocycles. The van der Waals surface area contributed by atoms with E-state index in [9.17, 15) is 8.42 Å². The highest BCUT2D eigenvalue weighted by molar-refractivity contribution is 7.91. The van der Waals surface area contributed by atoms with Crippen LogP contribution in [0.2, 0.25) is 0 Å². The van der Waals surface area contributed by atoms with Gasteiger partial charge in [0.25, 0.3) is 0 Å². The van der Waals surface area contributed by atoms with Crippen molar-refractivity contribution in [1.29, 1.82) is 0 Å². The summed E-state index contributed by atoms with van der Waals surface area (Å²) < 4.78 is 22.5. The van der Waals surface area contributed by atoms with Crippen LogP contribution in [0.15, 0.2) is 0 Å². The first-order valence-corrected chi connectivity index (χ1v) is 8.76. The van der Waals surface area contributed by atoms with Gasteiger partial charge in [-0.1, -0.05) is 33.1 Å². The van der Waals surface area contributed by atoms with Crippen molar-refractivity contribution in [3.05, 3.63) is 0 Å². The van der Waals surface area contributed by atoms with Crippen molar-refractivity contribution < 1.29 is 8.42 Å². The third-order valence-electron chi connectivity index (χ3n) is 3.80. The van der Waals surface area contributed by atoms with Gasteiger partial charge in [-0.15, -0.1) is 0 Å². The van der Waals surface area contributed by atoms with E-state index in [4.69, 9.17) is 0 Å². The Labute approximate surface area is 106 Å². The maximum absolute atomic E-state index is 11.3. The van der Waals surface area contributed by atoms with Gasteiger partial charge in [-0.3, -0.25) is 0 Å². The fraction of sp³-hybridized carbons (Fsp3) is 1.00. The second kappa shape index (κ2) is 7.37. The summed E-state index contributed by atoms with van der Waals surface area (Å²) in [6.45, 7) is 5.63. The van der Waals surface area contributed by atoms with Crippen LogP contribution in [0.25, 0.3) is 0 Å².